The molecule has 0 bridgehead atoms. The first-order chi connectivity index (χ1) is 13.7. The van der Waals surface area contributed by atoms with Gasteiger partial charge in [-0.1, -0.05) is 0 Å². The summed E-state index contributed by atoms with van der Waals surface area (Å²) in [5.74, 6) is 1.09. The molecule has 3 fully saturated rings. The lowest BCUT2D eigenvalue weighted by molar-refractivity contribution is -0.137. The number of piperidine rings is 1. The van der Waals surface area contributed by atoms with Crippen molar-refractivity contribution in [3.63, 3.8) is 0 Å². The van der Waals surface area contributed by atoms with E-state index in [0.717, 1.165) is 38.1 Å². The minimum atomic E-state index is -4.54. The van der Waals surface area contributed by atoms with E-state index < -0.39 is 17.6 Å². The fraction of sp³-hybridized carbons (Fsp3) is 0.600. The van der Waals surface area contributed by atoms with Crippen molar-refractivity contribution >= 4 is 5.82 Å². The Bertz CT molecular complexity index is 925. The number of hydrogen-bond acceptors (Lipinski definition) is 5. The molecule has 2 saturated heterocycles. The molecule has 0 spiro atoms. The van der Waals surface area contributed by atoms with Crippen molar-refractivity contribution in [1.29, 1.82) is 0 Å². The van der Waals surface area contributed by atoms with Crippen molar-refractivity contribution in [1.82, 2.24) is 19.7 Å². The molecule has 1 aliphatic carbocycles. The molecule has 4 heterocycles. The third kappa shape index (κ3) is 3.11. The molecule has 29 heavy (non-hydrogen) atoms. The molecule has 2 aliphatic heterocycles. The van der Waals surface area contributed by atoms with Crippen molar-refractivity contribution in [2.75, 3.05) is 32.0 Å². The van der Waals surface area contributed by atoms with Crippen molar-refractivity contribution in [3.05, 3.63) is 29.6 Å². The van der Waals surface area contributed by atoms with Crippen LogP contribution in [0, 0.1) is 11.8 Å². The third-order valence-corrected chi connectivity index (χ3v) is 6.47. The number of anilines is 1. The summed E-state index contributed by atoms with van der Waals surface area (Å²) in [6.07, 6.45) is -3.17. The van der Waals surface area contributed by atoms with Gasteiger partial charge < -0.3 is 10.5 Å². The molecule has 9 heteroatoms. The summed E-state index contributed by atoms with van der Waals surface area (Å²) in [4.78, 5) is 6.26. The van der Waals surface area contributed by atoms with E-state index in [1.807, 2.05) is 24.6 Å². The number of ether oxygens (including phenoxy) is 1. The van der Waals surface area contributed by atoms with Crippen LogP contribution in [0.5, 0.6) is 0 Å². The lowest BCUT2D eigenvalue weighted by atomic mass is 10.1. The molecule has 0 unspecified atom stereocenters. The van der Waals surface area contributed by atoms with Gasteiger partial charge in [-0.3, -0.25) is 9.58 Å². The highest BCUT2D eigenvalue weighted by molar-refractivity contribution is 5.63. The fourth-order valence-electron chi connectivity index (χ4n) is 4.78. The van der Waals surface area contributed by atoms with Crippen LogP contribution in [0.25, 0.3) is 11.3 Å². The van der Waals surface area contributed by atoms with E-state index in [0.29, 0.717) is 35.1 Å². The molecule has 5 rings (SSSR count). The minimum Gasteiger partial charge on any atom is -0.383 e. The smallest absolute Gasteiger partial charge is 0.383 e. The van der Waals surface area contributed by atoms with Crippen LogP contribution in [-0.2, 0) is 10.9 Å². The van der Waals surface area contributed by atoms with Crippen LogP contribution in [-0.4, -0.2) is 52.0 Å². The Balaban J connectivity index is 1.43. The number of nitrogens with zero attached hydrogens (tertiary/aromatic N) is 4. The maximum atomic E-state index is 13.2. The standard InChI is InChI=1S/C20H24F3N5O/c1-10(2)28-17(18-13-6-27(7-14(13)18)12-8-29-9-12)4-16(26-28)11-3-15(20(21,22)23)19(24)25-5-11/h3-5,10,12-14,18H,6-9H2,1-2H3,(H2,24,25)/t13-,14+,18-. The summed E-state index contributed by atoms with van der Waals surface area (Å²) in [5.41, 5.74) is 6.49. The van der Waals surface area contributed by atoms with E-state index in [1.165, 1.54) is 6.20 Å². The second-order valence-corrected chi connectivity index (χ2v) is 8.65. The second-order valence-electron chi connectivity index (χ2n) is 8.65. The molecule has 0 amide bonds. The van der Waals surface area contributed by atoms with Gasteiger partial charge in [0.05, 0.1) is 30.5 Å². The first kappa shape index (κ1) is 18.9. The van der Waals surface area contributed by atoms with Crippen LogP contribution in [0.2, 0.25) is 0 Å². The van der Waals surface area contributed by atoms with Crippen molar-refractivity contribution in [2.45, 2.75) is 38.0 Å². The number of hydrogen-bond donors (Lipinski definition) is 1. The van der Waals surface area contributed by atoms with Gasteiger partial charge in [0.25, 0.3) is 0 Å². The Hall–Kier alpha value is -2.13. The van der Waals surface area contributed by atoms with Gasteiger partial charge in [0.15, 0.2) is 0 Å². The molecule has 0 aromatic carbocycles. The number of alkyl halides is 3. The van der Waals surface area contributed by atoms with E-state index in [4.69, 9.17) is 10.5 Å². The van der Waals surface area contributed by atoms with Gasteiger partial charge >= 0.3 is 6.18 Å². The lowest BCUT2D eigenvalue weighted by Crippen LogP contribution is -2.48. The van der Waals surface area contributed by atoms with Crippen LogP contribution < -0.4 is 5.73 Å². The number of halogens is 3. The Morgan fingerprint density at radius 3 is 2.41 bits per heavy atom. The van der Waals surface area contributed by atoms with Crippen LogP contribution in [0.1, 0.15) is 37.1 Å². The molecule has 6 nitrogen and oxygen atoms in total. The molecule has 2 aromatic heterocycles. The lowest BCUT2D eigenvalue weighted by Gasteiger charge is -2.35. The molecular formula is C20H24F3N5O. The molecule has 1 saturated carbocycles. The van der Waals surface area contributed by atoms with Gasteiger partial charge in [-0.15, -0.1) is 0 Å². The van der Waals surface area contributed by atoms with Gasteiger partial charge in [0, 0.05) is 42.5 Å². The van der Waals surface area contributed by atoms with E-state index in [1.54, 1.807) is 0 Å². The van der Waals surface area contributed by atoms with Crippen molar-refractivity contribution in [2.24, 2.45) is 11.8 Å². The average molecular weight is 407 g/mol. The second kappa shape index (κ2) is 6.43. The number of nitrogen functional groups attached to an aromatic ring is 1. The number of nitrogens with two attached hydrogens (primary N) is 1. The zero-order chi connectivity index (χ0) is 20.5. The van der Waals surface area contributed by atoms with Gasteiger partial charge in [0.1, 0.15) is 5.82 Å². The quantitative estimate of drug-likeness (QED) is 0.843. The summed E-state index contributed by atoms with van der Waals surface area (Å²) in [7, 11) is 0. The summed E-state index contributed by atoms with van der Waals surface area (Å²) in [6, 6.07) is 3.66. The maximum absolute atomic E-state index is 13.2. The molecular weight excluding hydrogens is 383 g/mol. The number of fused-ring (bicyclic) bond motifs is 1. The zero-order valence-electron chi connectivity index (χ0n) is 16.4. The predicted octanol–water partition coefficient (Wildman–Crippen LogP) is 3.17. The van der Waals surface area contributed by atoms with Crippen LogP contribution in [0.15, 0.2) is 18.3 Å². The van der Waals surface area contributed by atoms with Gasteiger partial charge in [0.2, 0.25) is 0 Å². The van der Waals surface area contributed by atoms with Gasteiger partial charge in [-0.25, -0.2) is 4.98 Å². The predicted molar refractivity (Wildman–Crippen MR) is 101 cm³/mol. The number of aromatic nitrogens is 3. The van der Waals surface area contributed by atoms with Gasteiger partial charge in [-0.05, 0) is 37.8 Å². The van der Waals surface area contributed by atoms with Crippen LogP contribution in [0.3, 0.4) is 0 Å². The summed E-state index contributed by atoms with van der Waals surface area (Å²) >= 11 is 0. The number of rotatable bonds is 4. The molecule has 0 radical (unpaired) electrons. The highest BCUT2D eigenvalue weighted by atomic mass is 19.4. The Labute approximate surface area is 166 Å². The minimum absolute atomic E-state index is 0.125. The van der Waals surface area contributed by atoms with Crippen LogP contribution in [0.4, 0.5) is 19.0 Å². The Morgan fingerprint density at radius 2 is 1.86 bits per heavy atom. The first-order valence-electron chi connectivity index (χ1n) is 9.98. The highest BCUT2D eigenvalue weighted by Crippen LogP contribution is 2.59. The Kier molecular flexibility index (Phi) is 4.19. The molecule has 3 atom stereocenters. The van der Waals surface area contributed by atoms with Crippen LogP contribution >= 0.6 is 0 Å². The zero-order valence-corrected chi connectivity index (χ0v) is 16.4. The van der Waals surface area contributed by atoms with Crippen molar-refractivity contribution < 1.29 is 17.9 Å². The van der Waals surface area contributed by atoms with Crippen molar-refractivity contribution in [3.8, 4) is 11.3 Å². The number of pyridine rings is 1. The topological polar surface area (TPSA) is 69.2 Å². The SMILES string of the molecule is CC(C)n1nc(-c2cnc(N)c(C(F)(F)F)c2)cc1[C@@H]1[C@@H]2CN(C3COC3)C[C@@H]21. The average Bonchev–Trinajstić information content (AvgIpc) is 2.96. The third-order valence-electron chi connectivity index (χ3n) is 6.47. The highest BCUT2D eigenvalue weighted by Gasteiger charge is 2.58. The van der Waals surface area contributed by atoms with E-state index in [9.17, 15) is 13.2 Å². The molecule has 156 valence electrons. The molecule has 3 aliphatic rings. The van der Waals surface area contributed by atoms with Gasteiger partial charge in [-0.2, -0.15) is 18.3 Å². The maximum Gasteiger partial charge on any atom is 0.419 e. The Morgan fingerprint density at radius 1 is 1.17 bits per heavy atom. The summed E-state index contributed by atoms with van der Waals surface area (Å²) in [5, 5.41) is 4.64. The first-order valence-corrected chi connectivity index (χ1v) is 9.98. The summed E-state index contributed by atoms with van der Waals surface area (Å²) in [6.45, 7) is 7.85. The number of likely N-dealkylation sites (tertiary alicyclic amines) is 1. The molecule has 2 N–H and O–H groups in total. The van der Waals surface area contributed by atoms with E-state index >= 15 is 0 Å². The van der Waals surface area contributed by atoms with E-state index in [-0.39, 0.29) is 6.04 Å². The monoisotopic (exact) mass is 407 g/mol. The largest absolute Gasteiger partial charge is 0.419 e. The summed E-state index contributed by atoms with van der Waals surface area (Å²) < 4.78 is 46.9. The van der Waals surface area contributed by atoms with E-state index in [2.05, 4.69) is 15.0 Å². The normalized spacial score (nSPS) is 27.3. The molecule has 2 aromatic rings. The fourth-order valence-corrected chi connectivity index (χ4v) is 4.78.